The van der Waals surface area contributed by atoms with E-state index >= 15 is 0 Å². The van der Waals surface area contributed by atoms with Crippen LogP contribution < -0.4 is 5.32 Å². The summed E-state index contributed by atoms with van der Waals surface area (Å²) in [6, 6.07) is 6.51. The molecule has 0 aliphatic heterocycles. The van der Waals surface area contributed by atoms with Gasteiger partial charge in [-0.2, -0.15) is 5.10 Å². The monoisotopic (exact) mass is 350 g/mol. The summed E-state index contributed by atoms with van der Waals surface area (Å²) in [6.07, 6.45) is 2.95. The van der Waals surface area contributed by atoms with Gasteiger partial charge in [0.25, 0.3) is 0 Å². The third kappa shape index (κ3) is 3.71. The predicted octanol–water partition coefficient (Wildman–Crippen LogP) is 4.02. The van der Waals surface area contributed by atoms with E-state index in [1.165, 1.54) is 0 Å². The Morgan fingerprint density at radius 3 is 2.71 bits per heavy atom. The van der Waals surface area contributed by atoms with Gasteiger partial charge in [0.2, 0.25) is 0 Å². The molecule has 0 bridgehead atoms. The van der Waals surface area contributed by atoms with Crippen LogP contribution in [0.5, 0.6) is 0 Å². The minimum Gasteiger partial charge on any atom is -0.304 e. The van der Waals surface area contributed by atoms with Crippen LogP contribution in [-0.4, -0.2) is 21.3 Å². The molecule has 4 nitrogen and oxygen atoms in total. The molecular formula is C16H23BrN4. The van der Waals surface area contributed by atoms with Crippen LogP contribution in [0.2, 0.25) is 0 Å². The number of aromatic nitrogens is 3. The van der Waals surface area contributed by atoms with Gasteiger partial charge < -0.3 is 5.32 Å². The number of pyridine rings is 1. The van der Waals surface area contributed by atoms with Crippen LogP contribution in [0.1, 0.15) is 56.4 Å². The van der Waals surface area contributed by atoms with Crippen LogP contribution >= 0.6 is 15.9 Å². The number of nitrogens with zero attached hydrogens (tertiary/aromatic N) is 3. The maximum Gasteiger partial charge on any atom is 0.0933 e. The molecule has 0 radical (unpaired) electrons. The Balaban J connectivity index is 2.48. The molecule has 0 aliphatic carbocycles. The summed E-state index contributed by atoms with van der Waals surface area (Å²) in [5.41, 5.74) is 3.20. The van der Waals surface area contributed by atoms with Crippen LogP contribution in [0.4, 0.5) is 0 Å². The summed E-state index contributed by atoms with van der Waals surface area (Å²) in [5.74, 6) is 0. The molecule has 1 N–H and O–H groups in total. The van der Waals surface area contributed by atoms with Crippen molar-refractivity contribution < 1.29 is 0 Å². The highest BCUT2D eigenvalue weighted by atomic mass is 79.9. The molecule has 2 aromatic heterocycles. The minimum atomic E-state index is 0.0455. The van der Waals surface area contributed by atoms with Gasteiger partial charge in [-0.3, -0.25) is 9.67 Å². The van der Waals surface area contributed by atoms with Gasteiger partial charge in [0, 0.05) is 11.7 Å². The maximum atomic E-state index is 4.70. The zero-order valence-electron chi connectivity index (χ0n) is 13.1. The minimum absolute atomic E-state index is 0.0455. The molecule has 0 fully saturated rings. The zero-order valence-corrected chi connectivity index (χ0v) is 14.7. The fraction of sp³-hybridized carbons (Fsp3) is 0.500. The SMILES string of the molecule is CCCNC(c1cccc(C)n1)c1c(Br)cnn1C(C)C. The Hall–Kier alpha value is -1.20. The average molecular weight is 351 g/mol. The number of halogens is 1. The summed E-state index contributed by atoms with van der Waals surface area (Å²) in [5, 5.41) is 8.09. The standard InChI is InChI=1S/C16H23BrN4/c1-5-9-18-15(14-8-6-7-12(4)20-14)16-13(17)10-19-21(16)11(2)3/h6-8,10-11,15,18H,5,9H2,1-4H3. The second kappa shape index (κ2) is 7.18. The first-order valence-corrected chi connectivity index (χ1v) is 8.23. The van der Waals surface area contributed by atoms with E-state index < -0.39 is 0 Å². The lowest BCUT2D eigenvalue weighted by molar-refractivity contribution is 0.466. The molecule has 2 heterocycles. The number of hydrogen-bond acceptors (Lipinski definition) is 3. The first kappa shape index (κ1) is 16.2. The quantitative estimate of drug-likeness (QED) is 0.855. The molecule has 1 unspecified atom stereocenters. The van der Waals surface area contributed by atoms with Crippen molar-refractivity contribution in [3.63, 3.8) is 0 Å². The van der Waals surface area contributed by atoms with Gasteiger partial charge in [-0.1, -0.05) is 13.0 Å². The second-order valence-electron chi connectivity index (χ2n) is 5.51. The highest BCUT2D eigenvalue weighted by Crippen LogP contribution is 2.29. The molecule has 0 amide bonds. The van der Waals surface area contributed by atoms with Crippen LogP contribution in [0.25, 0.3) is 0 Å². The Morgan fingerprint density at radius 1 is 1.33 bits per heavy atom. The second-order valence-corrected chi connectivity index (χ2v) is 6.36. The summed E-state index contributed by atoms with van der Waals surface area (Å²) >= 11 is 3.64. The van der Waals surface area contributed by atoms with Gasteiger partial charge in [0.05, 0.1) is 28.1 Å². The molecule has 0 aliphatic rings. The molecule has 0 spiro atoms. The van der Waals surface area contributed by atoms with Crippen LogP contribution in [0.15, 0.2) is 28.9 Å². The summed E-state index contributed by atoms with van der Waals surface area (Å²) in [4.78, 5) is 4.70. The number of hydrogen-bond donors (Lipinski definition) is 1. The average Bonchev–Trinajstić information content (AvgIpc) is 2.82. The Morgan fingerprint density at radius 2 is 2.10 bits per heavy atom. The lowest BCUT2D eigenvalue weighted by atomic mass is 10.1. The van der Waals surface area contributed by atoms with E-state index in [1.807, 2.05) is 19.2 Å². The van der Waals surface area contributed by atoms with Crippen molar-refractivity contribution in [3.05, 3.63) is 46.0 Å². The maximum absolute atomic E-state index is 4.70. The van der Waals surface area contributed by atoms with Crippen molar-refractivity contribution in [1.82, 2.24) is 20.1 Å². The highest BCUT2D eigenvalue weighted by Gasteiger charge is 2.23. The fourth-order valence-electron chi connectivity index (χ4n) is 2.39. The topological polar surface area (TPSA) is 42.7 Å². The number of nitrogens with one attached hydrogen (secondary N) is 1. The van der Waals surface area contributed by atoms with Crippen LogP contribution in [-0.2, 0) is 0 Å². The molecule has 114 valence electrons. The third-order valence-electron chi connectivity index (χ3n) is 3.35. The van der Waals surface area contributed by atoms with Gasteiger partial charge in [0.15, 0.2) is 0 Å². The Bertz CT molecular complexity index is 592. The van der Waals surface area contributed by atoms with Gasteiger partial charge in [-0.05, 0) is 61.8 Å². The van der Waals surface area contributed by atoms with Crippen molar-refractivity contribution in [3.8, 4) is 0 Å². The number of rotatable bonds is 6. The Kier molecular flexibility index (Phi) is 5.53. The highest BCUT2D eigenvalue weighted by molar-refractivity contribution is 9.10. The first-order chi connectivity index (χ1) is 10.0. The number of aryl methyl sites for hydroxylation is 1. The molecule has 0 aromatic carbocycles. The lowest BCUT2D eigenvalue weighted by Crippen LogP contribution is -2.27. The molecule has 1 atom stereocenters. The van der Waals surface area contributed by atoms with Crippen LogP contribution in [0, 0.1) is 6.92 Å². The fourth-order valence-corrected chi connectivity index (χ4v) is 2.89. The first-order valence-electron chi connectivity index (χ1n) is 7.44. The summed E-state index contributed by atoms with van der Waals surface area (Å²) in [6.45, 7) is 9.42. The normalized spacial score (nSPS) is 12.9. The van der Waals surface area contributed by atoms with Crippen molar-refractivity contribution in [2.45, 2.75) is 46.2 Å². The van der Waals surface area contributed by atoms with E-state index in [2.05, 4.69) is 63.9 Å². The molecule has 2 aromatic rings. The summed E-state index contributed by atoms with van der Waals surface area (Å²) in [7, 11) is 0. The van der Waals surface area contributed by atoms with E-state index in [0.717, 1.165) is 34.5 Å². The molecule has 0 saturated heterocycles. The smallest absolute Gasteiger partial charge is 0.0933 e. The molecular weight excluding hydrogens is 328 g/mol. The van der Waals surface area contributed by atoms with Gasteiger partial charge in [0.1, 0.15) is 0 Å². The van der Waals surface area contributed by atoms with Crippen LogP contribution in [0.3, 0.4) is 0 Å². The Labute approximate surface area is 135 Å². The van der Waals surface area contributed by atoms with Gasteiger partial charge in [-0.15, -0.1) is 0 Å². The lowest BCUT2D eigenvalue weighted by Gasteiger charge is -2.22. The molecule has 2 rings (SSSR count). The van der Waals surface area contributed by atoms with Crippen molar-refractivity contribution in [1.29, 1.82) is 0 Å². The van der Waals surface area contributed by atoms with Crippen molar-refractivity contribution >= 4 is 15.9 Å². The van der Waals surface area contributed by atoms with E-state index in [9.17, 15) is 0 Å². The largest absolute Gasteiger partial charge is 0.304 e. The predicted molar refractivity (Wildman–Crippen MR) is 89.4 cm³/mol. The molecule has 0 saturated carbocycles. The zero-order chi connectivity index (χ0) is 15.4. The van der Waals surface area contributed by atoms with E-state index in [-0.39, 0.29) is 6.04 Å². The molecule has 21 heavy (non-hydrogen) atoms. The van der Waals surface area contributed by atoms with E-state index in [4.69, 9.17) is 4.98 Å². The van der Waals surface area contributed by atoms with Crippen molar-refractivity contribution in [2.24, 2.45) is 0 Å². The molecule has 5 heteroatoms. The van der Waals surface area contributed by atoms with E-state index in [0.29, 0.717) is 6.04 Å². The third-order valence-corrected chi connectivity index (χ3v) is 3.96. The van der Waals surface area contributed by atoms with Gasteiger partial charge >= 0.3 is 0 Å². The van der Waals surface area contributed by atoms with Crippen molar-refractivity contribution in [2.75, 3.05) is 6.54 Å². The van der Waals surface area contributed by atoms with E-state index in [1.54, 1.807) is 0 Å². The van der Waals surface area contributed by atoms with Gasteiger partial charge in [-0.25, -0.2) is 0 Å². The summed E-state index contributed by atoms with van der Waals surface area (Å²) < 4.78 is 3.08.